The second-order valence-electron chi connectivity index (χ2n) is 6.63. The van der Waals surface area contributed by atoms with Gasteiger partial charge in [-0.05, 0) is 45.0 Å². The zero-order valence-electron chi connectivity index (χ0n) is 15.0. The van der Waals surface area contributed by atoms with Gasteiger partial charge < -0.3 is 14.6 Å². The second kappa shape index (κ2) is 7.27. The summed E-state index contributed by atoms with van der Waals surface area (Å²) in [7, 11) is 0. The van der Waals surface area contributed by atoms with E-state index in [0.29, 0.717) is 23.9 Å². The lowest BCUT2D eigenvalue weighted by Crippen LogP contribution is -2.50. The van der Waals surface area contributed by atoms with E-state index in [1.54, 1.807) is 13.0 Å². The molecule has 2 heterocycles. The summed E-state index contributed by atoms with van der Waals surface area (Å²) in [5.41, 5.74) is 1.89. The summed E-state index contributed by atoms with van der Waals surface area (Å²) in [5.74, 6) is -0.333. The highest BCUT2D eigenvalue weighted by Crippen LogP contribution is 2.20. The first-order chi connectivity index (χ1) is 12.0. The van der Waals surface area contributed by atoms with Crippen LogP contribution < -0.4 is 0 Å². The predicted octanol–water partition coefficient (Wildman–Crippen LogP) is 2.51. The SMILES string of the molecule is CCOC(=O)c1cc2cc(C(=O)N3CCN(C(C)C)CC3)ccc2[nH]1. The van der Waals surface area contributed by atoms with Crippen LogP contribution in [0, 0.1) is 0 Å². The van der Waals surface area contributed by atoms with Gasteiger partial charge in [-0.25, -0.2) is 4.79 Å². The summed E-state index contributed by atoms with van der Waals surface area (Å²) in [6.45, 7) is 9.77. The smallest absolute Gasteiger partial charge is 0.354 e. The zero-order valence-corrected chi connectivity index (χ0v) is 15.0. The summed E-state index contributed by atoms with van der Waals surface area (Å²) in [6, 6.07) is 7.74. The number of benzene rings is 1. The normalized spacial score (nSPS) is 15.8. The molecule has 1 aliphatic heterocycles. The number of piperazine rings is 1. The van der Waals surface area contributed by atoms with Crippen molar-refractivity contribution in [2.45, 2.75) is 26.8 Å². The van der Waals surface area contributed by atoms with Gasteiger partial charge in [-0.3, -0.25) is 9.69 Å². The van der Waals surface area contributed by atoms with Gasteiger partial charge in [0, 0.05) is 48.7 Å². The van der Waals surface area contributed by atoms with Crippen LogP contribution in [0.4, 0.5) is 0 Å². The maximum atomic E-state index is 12.8. The minimum absolute atomic E-state index is 0.0455. The van der Waals surface area contributed by atoms with Crippen LogP contribution in [0.25, 0.3) is 10.9 Å². The molecule has 1 fully saturated rings. The Bertz CT molecular complexity index is 773. The molecule has 1 aromatic carbocycles. The molecule has 2 aromatic rings. The molecule has 6 nitrogen and oxygen atoms in total. The second-order valence-corrected chi connectivity index (χ2v) is 6.63. The molecule has 1 saturated heterocycles. The molecule has 1 aromatic heterocycles. The molecule has 0 unspecified atom stereocenters. The summed E-state index contributed by atoms with van der Waals surface area (Å²) < 4.78 is 5.01. The lowest BCUT2D eigenvalue weighted by Gasteiger charge is -2.37. The van der Waals surface area contributed by atoms with E-state index in [-0.39, 0.29) is 11.9 Å². The number of hydrogen-bond donors (Lipinski definition) is 1. The van der Waals surface area contributed by atoms with Crippen molar-refractivity contribution in [3.8, 4) is 0 Å². The highest BCUT2D eigenvalue weighted by atomic mass is 16.5. The first kappa shape index (κ1) is 17.5. The summed E-state index contributed by atoms with van der Waals surface area (Å²) in [4.78, 5) is 31.9. The largest absolute Gasteiger partial charge is 0.461 e. The molecule has 3 rings (SSSR count). The van der Waals surface area contributed by atoms with Crippen molar-refractivity contribution < 1.29 is 14.3 Å². The molecule has 25 heavy (non-hydrogen) atoms. The first-order valence-electron chi connectivity index (χ1n) is 8.82. The van der Waals surface area contributed by atoms with Crippen molar-refractivity contribution in [1.29, 1.82) is 0 Å². The Morgan fingerprint density at radius 2 is 1.88 bits per heavy atom. The van der Waals surface area contributed by atoms with Crippen LogP contribution in [0.2, 0.25) is 0 Å². The number of amides is 1. The van der Waals surface area contributed by atoms with Crippen LogP contribution in [-0.2, 0) is 4.74 Å². The molecular formula is C19H25N3O3. The minimum Gasteiger partial charge on any atom is -0.461 e. The number of nitrogens with one attached hydrogen (secondary N) is 1. The number of ether oxygens (including phenoxy) is 1. The number of hydrogen-bond acceptors (Lipinski definition) is 4. The van der Waals surface area contributed by atoms with Gasteiger partial charge in [-0.15, -0.1) is 0 Å². The lowest BCUT2D eigenvalue weighted by molar-refractivity contribution is 0.0520. The van der Waals surface area contributed by atoms with Crippen molar-refractivity contribution in [3.63, 3.8) is 0 Å². The first-order valence-corrected chi connectivity index (χ1v) is 8.82. The lowest BCUT2D eigenvalue weighted by atomic mass is 10.1. The molecule has 1 aliphatic rings. The van der Waals surface area contributed by atoms with E-state index < -0.39 is 0 Å². The van der Waals surface area contributed by atoms with Gasteiger partial charge in [0.2, 0.25) is 0 Å². The number of aromatic amines is 1. The van der Waals surface area contributed by atoms with E-state index in [2.05, 4.69) is 23.7 Å². The fraction of sp³-hybridized carbons (Fsp3) is 0.474. The molecule has 0 spiro atoms. The Morgan fingerprint density at radius 3 is 2.52 bits per heavy atom. The van der Waals surface area contributed by atoms with E-state index in [1.165, 1.54) is 0 Å². The fourth-order valence-corrected chi connectivity index (χ4v) is 3.21. The number of rotatable bonds is 4. The van der Waals surface area contributed by atoms with Gasteiger partial charge in [-0.1, -0.05) is 0 Å². The third-order valence-electron chi connectivity index (χ3n) is 4.69. The number of carbonyl (C=O) groups excluding carboxylic acids is 2. The molecule has 0 bridgehead atoms. The van der Waals surface area contributed by atoms with Crippen molar-refractivity contribution in [3.05, 3.63) is 35.5 Å². The standard InChI is InChI=1S/C19H25N3O3/c1-4-25-19(24)17-12-15-11-14(5-6-16(15)20-17)18(23)22-9-7-21(8-10-22)13(2)3/h5-6,11-13,20H,4,7-10H2,1-3H3. The van der Waals surface area contributed by atoms with Gasteiger partial charge >= 0.3 is 5.97 Å². The maximum absolute atomic E-state index is 12.8. The molecule has 0 aliphatic carbocycles. The monoisotopic (exact) mass is 343 g/mol. The summed E-state index contributed by atoms with van der Waals surface area (Å²) >= 11 is 0. The van der Waals surface area contributed by atoms with Crippen LogP contribution in [0.15, 0.2) is 24.3 Å². The molecular weight excluding hydrogens is 318 g/mol. The van der Waals surface area contributed by atoms with Gasteiger partial charge in [0.1, 0.15) is 5.69 Å². The van der Waals surface area contributed by atoms with E-state index >= 15 is 0 Å². The van der Waals surface area contributed by atoms with Crippen LogP contribution in [0.1, 0.15) is 41.6 Å². The van der Waals surface area contributed by atoms with Crippen molar-refractivity contribution in [1.82, 2.24) is 14.8 Å². The molecule has 1 amide bonds. The average Bonchev–Trinajstić information content (AvgIpc) is 3.04. The van der Waals surface area contributed by atoms with E-state index in [1.807, 2.05) is 23.1 Å². The Hall–Kier alpha value is -2.34. The quantitative estimate of drug-likeness (QED) is 0.867. The number of carbonyl (C=O) groups is 2. The number of aromatic nitrogens is 1. The Kier molecular flexibility index (Phi) is 5.08. The molecule has 0 radical (unpaired) electrons. The van der Waals surface area contributed by atoms with Gasteiger partial charge in [0.15, 0.2) is 0 Å². The topological polar surface area (TPSA) is 65.6 Å². The molecule has 134 valence electrons. The number of H-pyrrole nitrogens is 1. The summed E-state index contributed by atoms with van der Waals surface area (Å²) in [6.07, 6.45) is 0. The van der Waals surface area contributed by atoms with Crippen molar-refractivity contribution in [2.75, 3.05) is 32.8 Å². The third kappa shape index (κ3) is 3.69. The van der Waals surface area contributed by atoms with E-state index in [4.69, 9.17) is 4.74 Å². The van der Waals surface area contributed by atoms with E-state index in [9.17, 15) is 9.59 Å². The maximum Gasteiger partial charge on any atom is 0.354 e. The van der Waals surface area contributed by atoms with Crippen LogP contribution in [0.5, 0.6) is 0 Å². The van der Waals surface area contributed by atoms with E-state index in [0.717, 1.165) is 37.1 Å². The minimum atomic E-state index is -0.378. The molecule has 1 N–H and O–H groups in total. The summed E-state index contributed by atoms with van der Waals surface area (Å²) in [5, 5.41) is 0.842. The predicted molar refractivity (Wildman–Crippen MR) is 96.9 cm³/mol. The van der Waals surface area contributed by atoms with Crippen LogP contribution in [-0.4, -0.2) is 65.5 Å². The average molecular weight is 343 g/mol. The Labute approximate surface area is 147 Å². The number of esters is 1. The molecule has 6 heteroatoms. The number of nitrogens with zero attached hydrogens (tertiary/aromatic N) is 2. The molecule has 0 saturated carbocycles. The highest BCUT2D eigenvalue weighted by molar-refractivity contribution is 6.00. The van der Waals surface area contributed by atoms with Crippen molar-refractivity contribution >= 4 is 22.8 Å². The third-order valence-corrected chi connectivity index (χ3v) is 4.69. The zero-order chi connectivity index (χ0) is 18.0. The van der Waals surface area contributed by atoms with Gasteiger partial charge in [0.25, 0.3) is 5.91 Å². The number of fused-ring (bicyclic) bond motifs is 1. The van der Waals surface area contributed by atoms with Crippen molar-refractivity contribution in [2.24, 2.45) is 0 Å². The fourth-order valence-electron chi connectivity index (χ4n) is 3.21. The van der Waals surface area contributed by atoms with Gasteiger partial charge in [0.05, 0.1) is 6.61 Å². The van der Waals surface area contributed by atoms with Crippen LogP contribution >= 0.6 is 0 Å². The Morgan fingerprint density at radius 1 is 1.16 bits per heavy atom. The Balaban J connectivity index is 1.75. The van der Waals surface area contributed by atoms with Crippen LogP contribution in [0.3, 0.4) is 0 Å². The molecule has 0 atom stereocenters. The van der Waals surface area contributed by atoms with Gasteiger partial charge in [-0.2, -0.15) is 0 Å². The highest BCUT2D eigenvalue weighted by Gasteiger charge is 2.23.